The second-order valence-electron chi connectivity index (χ2n) is 7.48. The van der Waals surface area contributed by atoms with Gasteiger partial charge < -0.3 is 5.32 Å². The van der Waals surface area contributed by atoms with Gasteiger partial charge in [0.1, 0.15) is 5.01 Å². The van der Waals surface area contributed by atoms with Gasteiger partial charge in [0, 0.05) is 49.4 Å². The third-order valence-electron chi connectivity index (χ3n) is 5.09. The fourth-order valence-corrected chi connectivity index (χ4v) is 4.37. The van der Waals surface area contributed by atoms with Crippen molar-refractivity contribution in [2.45, 2.75) is 13.5 Å². The number of aryl methyl sites for hydroxylation is 1. The standard InChI is InChI=1S/C23H26N4OS/c1-18-6-5-9-20(14-18)24-22(28)16-27-12-10-26(11-13-27)15-21-17-29-23(25-21)19-7-3-2-4-8-19/h2-9,14,17H,10-13,15-16H2,1H3,(H,24,28). The molecular formula is C23H26N4OS. The van der Waals surface area contributed by atoms with Crippen molar-refractivity contribution in [3.8, 4) is 10.6 Å². The Morgan fingerprint density at radius 1 is 1.03 bits per heavy atom. The van der Waals surface area contributed by atoms with Crippen molar-refractivity contribution < 1.29 is 4.79 Å². The number of nitrogens with one attached hydrogen (secondary N) is 1. The zero-order chi connectivity index (χ0) is 20.1. The van der Waals surface area contributed by atoms with Crippen molar-refractivity contribution in [2.75, 3.05) is 38.0 Å². The highest BCUT2D eigenvalue weighted by Crippen LogP contribution is 2.24. The summed E-state index contributed by atoms with van der Waals surface area (Å²) in [4.78, 5) is 21.8. The normalized spacial score (nSPS) is 15.3. The van der Waals surface area contributed by atoms with E-state index in [0.29, 0.717) is 6.54 Å². The maximum atomic E-state index is 12.3. The van der Waals surface area contributed by atoms with Crippen LogP contribution in [0.2, 0.25) is 0 Å². The van der Waals surface area contributed by atoms with Crippen molar-refractivity contribution in [2.24, 2.45) is 0 Å². The number of amides is 1. The molecule has 1 saturated heterocycles. The van der Waals surface area contributed by atoms with Crippen molar-refractivity contribution in [1.29, 1.82) is 0 Å². The van der Waals surface area contributed by atoms with Gasteiger partial charge >= 0.3 is 0 Å². The molecule has 0 bridgehead atoms. The number of thiazole rings is 1. The van der Waals surface area contributed by atoms with E-state index in [-0.39, 0.29) is 5.91 Å². The number of carbonyl (C=O) groups excluding carboxylic acids is 1. The number of carbonyl (C=O) groups is 1. The topological polar surface area (TPSA) is 48.5 Å². The molecule has 1 aliphatic heterocycles. The van der Waals surface area contributed by atoms with E-state index in [1.165, 1.54) is 5.56 Å². The molecule has 4 rings (SSSR count). The summed E-state index contributed by atoms with van der Waals surface area (Å²) in [5, 5.41) is 6.23. The number of aromatic nitrogens is 1. The molecule has 0 aliphatic carbocycles. The number of hydrogen-bond acceptors (Lipinski definition) is 5. The minimum absolute atomic E-state index is 0.0519. The minimum atomic E-state index is 0.0519. The number of nitrogens with zero attached hydrogens (tertiary/aromatic N) is 3. The van der Waals surface area contributed by atoms with Gasteiger partial charge in [0.2, 0.25) is 5.91 Å². The van der Waals surface area contributed by atoms with E-state index in [9.17, 15) is 4.79 Å². The molecule has 1 N–H and O–H groups in total. The fraction of sp³-hybridized carbons (Fsp3) is 0.304. The van der Waals surface area contributed by atoms with Gasteiger partial charge in [-0.05, 0) is 24.6 Å². The first kappa shape index (κ1) is 19.8. The first-order valence-electron chi connectivity index (χ1n) is 9.97. The van der Waals surface area contributed by atoms with Crippen molar-refractivity contribution in [1.82, 2.24) is 14.8 Å². The van der Waals surface area contributed by atoms with Crippen LogP contribution in [-0.4, -0.2) is 53.4 Å². The van der Waals surface area contributed by atoms with E-state index in [0.717, 1.165) is 54.7 Å². The average Bonchev–Trinajstić information content (AvgIpc) is 3.19. The number of hydrogen-bond donors (Lipinski definition) is 1. The summed E-state index contributed by atoms with van der Waals surface area (Å²) in [6.07, 6.45) is 0. The molecule has 0 unspecified atom stereocenters. The summed E-state index contributed by atoms with van der Waals surface area (Å²) in [6, 6.07) is 18.2. The molecule has 5 nitrogen and oxygen atoms in total. The SMILES string of the molecule is Cc1cccc(NC(=O)CN2CCN(Cc3csc(-c4ccccc4)n3)CC2)c1. The molecule has 1 aromatic heterocycles. The Labute approximate surface area is 176 Å². The highest BCUT2D eigenvalue weighted by molar-refractivity contribution is 7.13. The molecule has 0 spiro atoms. The van der Waals surface area contributed by atoms with E-state index in [4.69, 9.17) is 4.98 Å². The highest BCUT2D eigenvalue weighted by atomic mass is 32.1. The molecule has 3 aromatic rings. The maximum Gasteiger partial charge on any atom is 0.238 e. The van der Waals surface area contributed by atoms with Gasteiger partial charge in [0.15, 0.2) is 0 Å². The molecule has 0 atom stereocenters. The average molecular weight is 407 g/mol. The Hall–Kier alpha value is -2.54. The lowest BCUT2D eigenvalue weighted by molar-refractivity contribution is -0.117. The molecule has 1 amide bonds. The third kappa shape index (κ3) is 5.50. The van der Waals surface area contributed by atoms with E-state index in [1.54, 1.807) is 11.3 Å². The Morgan fingerprint density at radius 2 is 1.79 bits per heavy atom. The predicted molar refractivity (Wildman–Crippen MR) is 119 cm³/mol. The number of anilines is 1. The second kappa shape index (κ2) is 9.31. The van der Waals surface area contributed by atoms with Gasteiger partial charge in [-0.3, -0.25) is 14.6 Å². The smallest absolute Gasteiger partial charge is 0.238 e. The number of benzene rings is 2. The van der Waals surface area contributed by atoms with E-state index < -0.39 is 0 Å². The first-order valence-corrected chi connectivity index (χ1v) is 10.8. The third-order valence-corrected chi connectivity index (χ3v) is 6.03. The summed E-state index contributed by atoms with van der Waals surface area (Å²) in [7, 11) is 0. The fourth-order valence-electron chi connectivity index (χ4n) is 3.55. The Bertz CT molecular complexity index is 948. The largest absolute Gasteiger partial charge is 0.325 e. The number of rotatable bonds is 6. The number of piperazine rings is 1. The van der Waals surface area contributed by atoms with Crippen LogP contribution in [0.3, 0.4) is 0 Å². The lowest BCUT2D eigenvalue weighted by atomic mass is 10.2. The monoisotopic (exact) mass is 406 g/mol. The van der Waals surface area contributed by atoms with E-state index >= 15 is 0 Å². The van der Waals surface area contributed by atoms with Crippen LogP contribution in [0.5, 0.6) is 0 Å². The summed E-state index contributed by atoms with van der Waals surface area (Å²) in [6.45, 7) is 7.04. The molecule has 0 radical (unpaired) electrons. The molecule has 2 aromatic carbocycles. The highest BCUT2D eigenvalue weighted by Gasteiger charge is 2.20. The minimum Gasteiger partial charge on any atom is -0.325 e. The van der Waals surface area contributed by atoms with Gasteiger partial charge in [0.05, 0.1) is 12.2 Å². The lowest BCUT2D eigenvalue weighted by Gasteiger charge is -2.33. The van der Waals surface area contributed by atoms with Crippen LogP contribution in [-0.2, 0) is 11.3 Å². The zero-order valence-corrected chi connectivity index (χ0v) is 17.5. The summed E-state index contributed by atoms with van der Waals surface area (Å²) >= 11 is 1.70. The summed E-state index contributed by atoms with van der Waals surface area (Å²) in [5.74, 6) is 0.0519. The van der Waals surface area contributed by atoms with Crippen molar-refractivity contribution in [3.05, 3.63) is 71.2 Å². The zero-order valence-electron chi connectivity index (χ0n) is 16.7. The quantitative estimate of drug-likeness (QED) is 0.675. The molecule has 2 heterocycles. The molecule has 29 heavy (non-hydrogen) atoms. The van der Waals surface area contributed by atoms with Crippen LogP contribution in [0.15, 0.2) is 60.0 Å². The Kier molecular flexibility index (Phi) is 6.34. The second-order valence-corrected chi connectivity index (χ2v) is 8.34. The molecule has 1 aliphatic rings. The molecular weight excluding hydrogens is 380 g/mol. The molecule has 6 heteroatoms. The van der Waals surface area contributed by atoms with E-state index in [2.05, 4.69) is 32.6 Å². The van der Waals surface area contributed by atoms with Gasteiger partial charge in [0.25, 0.3) is 0 Å². The van der Waals surface area contributed by atoms with Gasteiger partial charge in [-0.2, -0.15) is 0 Å². The maximum absolute atomic E-state index is 12.3. The van der Waals surface area contributed by atoms with Gasteiger partial charge in [-0.1, -0.05) is 42.5 Å². The van der Waals surface area contributed by atoms with Crippen LogP contribution in [0.4, 0.5) is 5.69 Å². The van der Waals surface area contributed by atoms with Gasteiger partial charge in [-0.25, -0.2) is 4.98 Å². The molecule has 1 fully saturated rings. The van der Waals surface area contributed by atoms with E-state index in [1.807, 2.05) is 49.4 Å². The Balaban J connectivity index is 1.23. The van der Waals surface area contributed by atoms with Crippen LogP contribution >= 0.6 is 11.3 Å². The first-order chi connectivity index (χ1) is 14.2. The van der Waals surface area contributed by atoms with Crippen LogP contribution < -0.4 is 5.32 Å². The summed E-state index contributed by atoms with van der Waals surface area (Å²) in [5.41, 5.74) is 4.31. The molecule has 0 saturated carbocycles. The van der Waals surface area contributed by atoms with Crippen LogP contribution in [0.25, 0.3) is 10.6 Å². The van der Waals surface area contributed by atoms with Crippen molar-refractivity contribution >= 4 is 22.9 Å². The summed E-state index contributed by atoms with van der Waals surface area (Å²) < 4.78 is 0. The molecule has 150 valence electrons. The Morgan fingerprint density at radius 3 is 2.55 bits per heavy atom. The lowest BCUT2D eigenvalue weighted by Crippen LogP contribution is -2.48. The van der Waals surface area contributed by atoms with Crippen LogP contribution in [0, 0.1) is 6.92 Å². The van der Waals surface area contributed by atoms with Crippen LogP contribution in [0.1, 0.15) is 11.3 Å². The van der Waals surface area contributed by atoms with Crippen molar-refractivity contribution in [3.63, 3.8) is 0 Å². The van der Waals surface area contributed by atoms with Gasteiger partial charge in [-0.15, -0.1) is 11.3 Å². The predicted octanol–water partition coefficient (Wildman–Crippen LogP) is 3.87.